The van der Waals surface area contributed by atoms with E-state index in [1.807, 2.05) is 40.4 Å². The number of hydrogen-bond acceptors (Lipinski definition) is 7. The predicted octanol–water partition coefficient (Wildman–Crippen LogP) is 6.15. The van der Waals surface area contributed by atoms with Crippen molar-refractivity contribution in [1.82, 2.24) is 34.9 Å². The fraction of sp³-hybridized carbons (Fsp3) is 0.455. The van der Waals surface area contributed by atoms with Crippen molar-refractivity contribution in [1.29, 1.82) is 0 Å². The number of likely N-dealkylation sites (tertiary alicyclic amines) is 1. The highest BCUT2D eigenvalue weighted by atomic mass is 35.5. The molecule has 11 heteroatoms. The van der Waals surface area contributed by atoms with E-state index < -0.39 is 0 Å². The minimum atomic E-state index is 0.0373. The van der Waals surface area contributed by atoms with Crippen LogP contribution in [-0.2, 0) is 35.3 Å². The molecule has 5 heterocycles. The minimum Gasteiger partial charge on any atom is -0.343 e. The normalized spacial score (nSPS) is 21.8. The molecule has 55 heavy (non-hydrogen) atoms. The molecule has 2 atom stereocenters. The number of rotatable bonds is 3. The van der Waals surface area contributed by atoms with E-state index in [0.29, 0.717) is 13.1 Å². The van der Waals surface area contributed by atoms with E-state index in [1.165, 1.54) is 39.1 Å². The Bertz CT molecular complexity index is 2000. The van der Waals surface area contributed by atoms with Crippen molar-refractivity contribution in [2.75, 3.05) is 65.4 Å². The van der Waals surface area contributed by atoms with Gasteiger partial charge in [-0.05, 0) is 108 Å². The van der Waals surface area contributed by atoms with Crippen LogP contribution in [-0.4, -0.2) is 107 Å². The number of amides is 2. The highest BCUT2D eigenvalue weighted by Crippen LogP contribution is 2.38. The first-order valence-corrected chi connectivity index (χ1v) is 20.8. The van der Waals surface area contributed by atoms with Crippen molar-refractivity contribution >= 4 is 35.0 Å². The highest BCUT2D eigenvalue weighted by Gasteiger charge is 2.36. The summed E-state index contributed by atoms with van der Waals surface area (Å²) in [6.07, 6.45) is 9.36. The Morgan fingerprint density at radius 3 is 1.62 bits per heavy atom. The minimum absolute atomic E-state index is 0.0373. The molecule has 3 aliphatic heterocycles. The average molecular weight is 781 g/mol. The lowest BCUT2D eigenvalue weighted by Crippen LogP contribution is -2.52. The Hall–Kier alpha value is -3.86. The lowest BCUT2D eigenvalue weighted by Gasteiger charge is -2.41. The van der Waals surface area contributed by atoms with Crippen LogP contribution in [0.15, 0.2) is 73.1 Å². The average Bonchev–Trinajstić information content (AvgIpc) is 3.49. The first kappa shape index (κ1) is 38.0. The van der Waals surface area contributed by atoms with Gasteiger partial charge in [-0.2, -0.15) is 0 Å². The SMILES string of the molecule is CC(=O)N1CCC(C(=O)N2CCN([C@H]3c4ccc(Cl)cc4CCc4cccnc43)CC2)CC1.Clc1ccc2c(c1)CCc1cccnc1[C@H]2N1CCNCC1. The summed E-state index contributed by atoms with van der Waals surface area (Å²) in [6, 6.07) is 21.4. The Labute approximate surface area is 335 Å². The number of aryl methyl sites for hydroxylation is 4. The van der Waals surface area contributed by atoms with Crippen molar-refractivity contribution < 1.29 is 9.59 Å². The Balaban J connectivity index is 0.000000168. The summed E-state index contributed by atoms with van der Waals surface area (Å²) in [5.74, 6) is 0.396. The van der Waals surface area contributed by atoms with E-state index in [9.17, 15) is 9.59 Å². The van der Waals surface area contributed by atoms with Gasteiger partial charge < -0.3 is 15.1 Å². The van der Waals surface area contributed by atoms with Crippen molar-refractivity contribution in [3.8, 4) is 0 Å². The number of piperazine rings is 2. The number of carbonyl (C=O) groups excluding carboxylic acids is 2. The Kier molecular flexibility index (Phi) is 11.8. The van der Waals surface area contributed by atoms with Gasteiger partial charge in [0.05, 0.1) is 23.5 Å². The second kappa shape index (κ2) is 17.1. The van der Waals surface area contributed by atoms with Crippen LogP contribution in [0, 0.1) is 5.92 Å². The van der Waals surface area contributed by atoms with Gasteiger partial charge in [-0.1, -0.05) is 47.5 Å². The van der Waals surface area contributed by atoms with E-state index in [1.54, 1.807) is 6.92 Å². The number of aromatic nitrogens is 2. The molecule has 4 aromatic rings. The van der Waals surface area contributed by atoms with Gasteiger partial charge in [0.1, 0.15) is 0 Å². The van der Waals surface area contributed by atoms with Gasteiger partial charge in [-0.3, -0.25) is 29.4 Å². The first-order valence-electron chi connectivity index (χ1n) is 20.0. The van der Waals surface area contributed by atoms with E-state index in [-0.39, 0.29) is 29.8 Å². The molecule has 3 fully saturated rings. The number of nitrogens with one attached hydrogen (secondary N) is 1. The molecular formula is C44H51Cl2N7O2. The van der Waals surface area contributed by atoms with E-state index in [4.69, 9.17) is 33.2 Å². The summed E-state index contributed by atoms with van der Waals surface area (Å²) < 4.78 is 0. The third-order valence-corrected chi connectivity index (χ3v) is 12.8. The summed E-state index contributed by atoms with van der Waals surface area (Å²) in [5, 5.41) is 5.05. The highest BCUT2D eigenvalue weighted by molar-refractivity contribution is 6.31. The van der Waals surface area contributed by atoms with Crippen LogP contribution in [0.5, 0.6) is 0 Å². The maximum Gasteiger partial charge on any atom is 0.225 e. The zero-order valence-electron chi connectivity index (χ0n) is 31.7. The molecule has 9 rings (SSSR count). The number of halogens is 2. The van der Waals surface area contributed by atoms with Crippen molar-refractivity contribution in [3.05, 3.63) is 128 Å². The van der Waals surface area contributed by atoms with Crippen molar-refractivity contribution in [3.63, 3.8) is 0 Å². The van der Waals surface area contributed by atoms with Gasteiger partial charge in [-0.25, -0.2) is 0 Å². The summed E-state index contributed by atoms with van der Waals surface area (Å²) in [5.41, 5.74) is 10.4. The molecule has 2 amide bonds. The van der Waals surface area contributed by atoms with Gasteiger partial charge in [0.2, 0.25) is 11.8 Å². The monoisotopic (exact) mass is 779 g/mol. The molecule has 1 N–H and O–H groups in total. The number of nitrogens with zero attached hydrogens (tertiary/aromatic N) is 6. The maximum absolute atomic E-state index is 13.2. The smallest absolute Gasteiger partial charge is 0.225 e. The quantitative estimate of drug-likeness (QED) is 0.267. The van der Waals surface area contributed by atoms with E-state index in [0.717, 1.165) is 107 Å². The molecule has 9 nitrogen and oxygen atoms in total. The second-order valence-corrected chi connectivity index (χ2v) is 16.4. The van der Waals surface area contributed by atoms with Gasteiger partial charge in [0, 0.05) is 101 Å². The molecule has 0 saturated carbocycles. The molecule has 0 unspecified atom stereocenters. The second-order valence-electron chi connectivity index (χ2n) is 15.5. The van der Waals surface area contributed by atoms with Gasteiger partial charge in [0.15, 0.2) is 0 Å². The van der Waals surface area contributed by atoms with E-state index in [2.05, 4.69) is 57.6 Å². The molecule has 0 spiro atoms. The maximum atomic E-state index is 13.2. The molecule has 288 valence electrons. The van der Waals surface area contributed by atoms with Gasteiger partial charge >= 0.3 is 0 Å². The van der Waals surface area contributed by atoms with E-state index >= 15 is 0 Å². The van der Waals surface area contributed by atoms with Crippen LogP contribution in [0.4, 0.5) is 0 Å². The predicted molar refractivity (Wildman–Crippen MR) is 217 cm³/mol. The Morgan fingerprint density at radius 1 is 0.618 bits per heavy atom. The van der Waals surface area contributed by atoms with Crippen molar-refractivity contribution in [2.45, 2.75) is 57.5 Å². The first-order chi connectivity index (χ1) is 26.8. The summed E-state index contributed by atoms with van der Waals surface area (Å²) >= 11 is 12.6. The number of carbonyl (C=O) groups is 2. The fourth-order valence-electron chi connectivity index (χ4n) is 9.34. The summed E-state index contributed by atoms with van der Waals surface area (Å²) in [7, 11) is 0. The van der Waals surface area contributed by atoms with Crippen molar-refractivity contribution in [2.24, 2.45) is 5.92 Å². The third kappa shape index (κ3) is 8.33. The number of pyridine rings is 2. The number of benzene rings is 2. The molecule has 5 aliphatic rings. The van der Waals surface area contributed by atoms with Crippen LogP contribution in [0.2, 0.25) is 10.0 Å². The summed E-state index contributed by atoms with van der Waals surface area (Å²) in [6.45, 7) is 10.3. The molecule has 3 saturated heterocycles. The molecular weight excluding hydrogens is 729 g/mol. The van der Waals surface area contributed by atoms with Crippen LogP contribution in [0.25, 0.3) is 0 Å². The lowest BCUT2D eigenvalue weighted by molar-refractivity contribution is -0.141. The molecule has 2 aromatic heterocycles. The topological polar surface area (TPSA) is 84.9 Å². The molecule has 2 aliphatic carbocycles. The van der Waals surface area contributed by atoms with Crippen LogP contribution in [0.3, 0.4) is 0 Å². The molecule has 0 radical (unpaired) electrons. The molecule has 0 bridgehead atoms. The number of fused-ring (bicyclic) bond motifs is 4. The lowest BCUT2D eigenvalue weighted by atomic mass is 9.94. The van der Waals surface area contributed by atoms with Gasteiger partial charge in [-0.15, -0.1) is 0 Å². The zero-order chi connectivity index (χ0) is 37.9. The largest absolute Gasteiger partial charge is 0.343 e. The van der Waals surface area contributed by atoms with Crippen LogP contribution >= 0.6 is 23.2 Å². The van der Waals surface area contributed by atoms with Crippen LogP contribution < -0.4 is 5.32 Å². The Morgan fingerprint density at radius 2 is 1.11 bits per heavy atom. The van der Waals surface area contributed by atoms with Crippen LogP contribution in [0.1, 0.15) is 76.6 Å². The summed E-state index contributed by atoms with van der Waals surface area (Å²) in [4.78, 5) is 43.3. The third-order valence-electron chi connectivity index (χ3n) is 12.3. The molecule has 2 aromatic carbocycles. The number of piperidine rings is 1. The standard InChI is InChI=1S/C26H31ClN4O2.C18H20ClN3/c1-18(32)29-11-8-20(9-12-29)26(33)31-15-13-30(14-16-31)25-23-7-6-22(27)17-21(23)5-4-19-3-2-10-28-24(19)25;19-15-5-6-16-14(12-15)4-3-13-2-1-7-21-17(13)18(16)22-10-8-20-9-11-22/h2-3,6-7,10,17,20,25H,4-5,8-9,11-16H2,1H3;1-2,5-7,12,18,20H,3-4,8-11H2/t25-;18-/m00/s1. The zero-order valence-corrected chi connectivity index (χ0v) is 33.2. The fourth-order valence-corrected chi connectivity index (χ4v) is 9.73. The number of hydrogen-bond donors (Lipinski definition) is 1. The van der Waals surface area contributed by atoms with Gasteiger partial charge in [0.25, 0.3) is 0 Å².